The molecular formula is C21H21N3O3. The number of carbonyl (C=O) groups excluding carboxylic acids is 2. The molecule has 0 atom stereocenters. The molecule has 0 aliphatic heterocycles. The van der Waals surface area contributed by atoms with E-state index in [2.05, 4.69) is 10.5 Å². The van der Waals surface area contributed by atoms with Gasteiger partial charge in [-0.1, -0.05) is 53.7 Å². The van der Waals surface area contributed by atoms with Crippen LogP contribution >= 0.6 is 0 Å². The lowest BCUT2D eigenvalue weighted by molar-refractivity contribution is -0.116. The van der Waals surface area contributed by atoms with Crippen molar-refractivity contribution in [3.05, 3.63) is 83.1 Å². The van der Waals surface area contributed by atoms with Crippen LogP contribution in [0.5, 0.6) is 0 Å². The summed E-state index contributed by atoms with van der Waals surface area (Å²) < 4.78 is 4.91. The standard InChI is InChI=1S/C21H21N3O3/c1-15-12-19(23-27-15)22-20(25)14-24(2)21(26)18-11-7-6-10-17(18)13-16-8-4-3-5-9-16/h3-12H,13-14H2,1-2H3,(H,22,23,25). The molecule has 0 aliphatic carbocycles. The fourth-order valence-electron chi connectivity index (χ4n) is 2.80. The smallest absolute Gasteiger partial charge is 0.254 e. The van der Waals surface area contributed by atoms with Crippen LogP contribution in [0.25, 0.3) is 0 Å². The lowest BCUT2D eigenvalue weighted by atomic mass is 9.99. The maximum atomic E-state index is 12.9. The van der Waals surface area contributed by atoms with Crippen LogP contribution in [-0.4, -0.2) is 35.5 Å². The van der Waals surface area contributed by atoms with Crippen LogP contribution in [0.4, 0.5) is 5.82 Å². The van der Waals surface area contributed by atoms with E-state index in [1.807, 2.05) is 48.5 Å². The zero-order valence-corrected chi connectivity index (χ0v) is 15.3. The van der Waals surface area contributed by atoms with Gasteiger partial charge in [-0.25, -0.2) is 0 Å². The molecule has 3 rings (SSSR count). The van der Waals surface area contributed by atoms with Gasteiger partial charge in [-0.15, -0.1) is 0 Å². The summed E-state index contributed by atoms with van der Waals surface area (Å²) in [5, 5.41) is 6.33. The van der Waals surface area contributed by atoms with Crippen molar-refractivity contribution in [2.75, 3.05) is 18.9 Å². The maximum Gasteiger partial charge on any atom is 0.254 e. The Kier molecular flexibility index (Phi) is 5.66. The average molecular weight is 363 g/mol. The minimum atomic E-state index is -0.334. The molecule has 0 spiro atoms. The zero-order chi connectivity index (χ0) is 19.2. The summed E-state index contributed by atoms with van der Waals surface area (Å²) >= 11 is 0. The second-order valence-corrected chi connectivity index (χ2v) is 6.35. The highest BCUT2D eigenvalue weighted by Crippen LogP contribution is 2.16. The predicted molar refractivity (Wildman–Crippen MR) is 103 cm³/mol. The molecule has 1 aromatic heterocycles. The number of nitrogens with zero attached hydrogens (tertiary/aromatic N) is 2. The first kappa shape index (κ1) is 18.4. The Morgan fingerprint density at radius 1 is 1.07 bits per heavy atom. The Hall–Kier alpha value is -3.41. The summed E-state index contributed by atoms with van der Waals surface area (Å²) in [5.41, 5.74) is 2.64. The number of aryl methyl sites for hydroxylation is 1. The van der Waals surface area contributed by atoms with E-state index >= 15 is 0 Å². The molecule has 6 nitrogen and oxygen atoms in total. The fraction of sp³-hybridized carbons (Fsp3) is 0.190. The summed E-state index contributed by atoms with van der Waals surface area (Å²) in [6, 6.07) is 19.0. The molecular weight excluding hydrogens is 342 g/mol. The molecule has 0 radical (unpaired) electrons. The predicted octanol–water partition coefficient (Wildman–Crippen LogP) is 3.28. The van der Waals surface area contributed by atoms with E-state index in [0.29, 0.717) is 23.6 Å². The number of hydrogen-bond acceptors (Lipinski definition) is 4. The number of benzene rings is 2. The number of hydrogen-bond donors (Lipinski definition) is 1. The first-order valence-electron chi connectivity index (χ1n) is 8.63. The van der Waals surface area contributed by atoms with Crippen molar-refractivity contribution in [1.29, 1.82) is 0 Å². The number of amides is 2. The van der Waals surface area contributed by atoms with Crippen LogP contribution in [0.2, 0.25) is 0 Å². The second-order valence-electron chi connectivity index (χ2n) is 6.35. The number of carbonyl (C=O) groups is 2. The van der Waals surface area contributed by atoms with Crippen molar-refractivity contribution in [3.63, 3.8) is 0 Å². The van der Waals surface area contributed by atoms with Crippen molar-refractivity contribution < 1.29 is 14.1 Å². The quantitative estimate of drug-likeness (QED) is 0.729. The number of anilines is 1. The van der Waals surface area contributed by atoms with Gasteiger partial charge in [0.25, 0.3) is 5.91 Å². The lowest BCUT2D eigenvalue weighted by Crippen LogP contribution is -2.35. The molecule has 0 aliphatic rings. The van der Waals surface area contributed by atoms with E-state index < -0.39 is 0 Å². The van der Waals surface area contributed by atoms with Crippen molar-refractivity contribution in [3.8, 4) is 0 Å². The van der Waals surface area contributed by atoms with Gasteiger partial charge in [0.15, 0.2) is 5.82 Å². The zero-order valence-electron chi connectivity index (χ0n) is 15.3. The molecule has 2 aromatic carbocycles. The van der Waals surface area contributed by atoms with Gasteiger partial charge in [-0.2, -0.15) is 0 Å². The van der Waals surface area contributed by atoms with Gasteiger partial charge in [0.2, 0.25) is 5.91 Å². The lowest BCUT2D eigenvalue weighted by Gasteiger charge is -2.18. The Bertz CT molecular complexity index is 935. The third kappa shape index (κ3) is 4.82. The first-order chi connectivity index (χ1) is 13.0. The van der Waals surface area contributed by atoms with Crippen LogP contribution in [0.1, 0.15) is 27.2 Å². The van der Waals surface area contributed by atoms with Crippen molar-refractivity contribution in [2.24, 2.45) is 0 Å². The molecule has 1 heterocycles. The Labute approximate surface area is 157 Å². The third-order valence-electron chi connectivity index (χ3n) is 4.11. The van der Waals surface area contributed by atoms with Gasteiger partial charge in [0, 0.05) is 18.7 Å². The van der Waals surface area contributed by atoms with Crippen LogP contribution in [0, 0.1) is 6.92 Å². The minimum absolute atomic E-state index is 0.0790. The largest absolute Gasteiger partial charge is 0.360 e. The van der Waals surface area contributed by atoms with Crippen LogP contribution < -0.4 is 5.32 Å². The van der Waals surface area contributed by atoms with E-state index in [9.17, 15) is 9.59 Å². The number of nitrogens with one attached hydrogen (secondary N) is 1. The van der Waals surface area contributed by atoms with Gasteiger partial charge in [-0.05, 0) is 30.5 Å². The Morgan fingerprint density at radius 3 is 2.48 bits per heavy atom. The van der Waals surface area contributed by atoms with Gasteiger partial charge in [-0.3, -0.25) is 9.59 Å². The van der Waals surface area contributed by atoms with Gasteiger partial charge in [0.05, 0.1) is 6.54 Å². The number of rotatable bonds is 6. The number of aromatic nitrogens is 1. The van der Waals surface area contributed by atoms with Crippen LogP contribution in [0.3, 0.4) is 0 Å². The van der Waals surface area contributed by atoms with Gasteiger partial charge >= 0.3 is 0 Å². The monoisotopic (exact) mass is 363 g/mol. The van der Waals surface area contributed by atoms with Crippen molar-refractivity contribution in [1.82, 2.24) is 10.1 Å². The molecule has 27 heavy (non-hydrogen) atoms. The molecule has 0 unspecified atom stereocenters. The molecule has 138 valence electrons. The SMILES string of the molecule is Cc1cc(NC(=O)CN(C)C(=O)c2ccccc2Cc2ccccc2)no1. The summed E-state index contributed by atoms with van der Waals surface area (Å²) in [6.07, 6.45) is 0.654. The molecule has 0 fully saturated rings. The summed E-state index contributed by atoms with van der Waals surface area (Å²) in [6.45, 7) is 1.66. The average Bonchev–Trinajstić information content (AvgIpc) is 3.07. The van der Waals surface area contributed by atoms with E-state index in [-0.39, 0.29) is 18.4 Å². The maximum absolute atomic E-state index is 12.9. The summed E-state index contributed by atoms with van der Waals surface area (Å²) in [7, 11) is 1.61. The highest BCUT2D eigenvalue weighted by molar-refractivity contribution is 5.99. The topological polar surface area (TPSA) is 75.4 Å². The molecule has 1 N–H and O–H groups in total. The number of likely N-dealkylation sites (N-methyl/N-ethyl adjacent to an activating group) is 1. The minimum Gasteiger partial charge on any atom is -0.360 e. The third-order valence-corrected chi connectivity index (χ3v) is 4.11. The van der Waals surface area contributed by atoms with Crippen molar-refractivity contribution in [2.45, 2.75) is 13.3 Å². The van der Waals surface area contributed by atoms with Gasteiger partial charge in [0.1, 0.15) is 5.76 Å². The summed E-state index contributed by atoms with van der Waals surface area (Å²) in [4.78, 5) is 26.4. The Balaban J connectivity index is 1.68. The highest BCUT2D eigenvalue weighted by Gasteiger charge is 2.18. The normalized spacial score (nSPS) is 10.4. The van der Waals surface area contributed by atoms with Crippen LogP contribution in [0.15, 0.2) is 65.2 Å². The van der Waals surface area contributed by atoms with Crippen molar-refractivity contribution >= 4 is 17.6 Å². The Morgan fingerprint density at radius 2 is 1.78 bits per heavy atom. The molecule has 2 amide bonds. The first-order valence-corrected chi connectivity index (χ1v) is 8.63. The van der Waals surface area contributed by atoms with E-state index in [1.54, 1.807) is 26.1 Å². The molecule has 0 saturated carbocycles. The molecule has 0 bridgehead atoms. The van der Waals surface area contributed by atoms with Gasteiger partial charge < -0.3 is 14.7 Å². The molecule has 6 heteroatoms. The van der Waals surface area contributed by atoms with E-state index in [0.717, 1.165) is 11.1 Å². The molecule has 3 aromatic rings. The summed E-state index contributed by atoms with van der Waals surface area (Å²) in [5.74, 6) is 0.403. The van der Waals surface area contributed by atoms with Crippen LogP contribution in [-0.2, 0) is 11.2 Å². The van der Waals surface area contributed by atoms with E-state index in [4.69, 9.17) is 4.52 Å². The molecule has 0 saturated heterocycles. The second kappa shape index (κ2) is 8.31. The highest BCUT2D eigenvalue weighted by atomic mass is 16.5. The van der Waals surface area contributed by atoms with E-state index in [1.165, 1.54) is 4.90 Å². The fourth-order valence-corrected chi connectivity index (χ4v) is 2.80.